The summed E-state index contributed by atoms with van der Waals surface area (Å²) in [6.07, 6.45) is 2.08. The number of nitrogens with one attached hydrogen (secondary N) is 1. The number of ether oxygens (including phenoxy) is 1. The van der Waals surface area contributed by atoms with E-state index in [1.807, 2.05) is 37.3 Å². The number of hydrogen-bond donors (Lipinski definition) is 1. The molecule has 0 aliphatic heterocycles. The van der Waals surface area contributed by atoms with Gasteiger partial charge in [0.1, 0.15) is 6.61 Å². The predicted molar refractivity (Wildman–Crippen MR) is 81.2 cm³/mol. The average Bonchev–Trinajstić information content (AvgIpc) is 2.43. The molecule has 1 aromatic carbocycles. The van der Waals surface area contributed by atoms with Crippen LogP contribution in [0.2, 0.25) is 0 Å². The lowest BCUT2D eigenvalue weighted by atomic mass is 10.1. The van der Waals surface area contributed by atoms with E-state index in [2.05, 4.69) is 18.5 Å². The van der Waals surface area contributed by atoms with Crippen LogP contribution in [0.15, 0.2) is 30.3 Å². The Morgan fingerprint density at radius 1 is 1.32 bits per heavy atom. The molecule has 19 heavy (non-hydrogen) atoms. The number of esters is 1. The molecule has 0 saturated heterocycles. The third kappa shape index (κ3) is 6.64. The van der Waals surface area contributed by atoms with Gasteiger partial charge in [-0.2, -0.15) is 11.8 Å². The van der Waals surface area contributed by atoms with E-state index in [1.54, 1.807) is 11.8 Å². The van der Waals surface area contributed by atoms with E-state index < -0.39 is 0 Å². The second-order valence-electron chi connectivity index (χ2n) is 4.76. The molecule has 0 saturated carbocycles. The van der Waals surface area contributed by atoms with E-state index in [4.69, 9.17) is 4.74 Å². The van der Waals surface area contributed by atoms with Crippen LogP contribution >= 0.6 is 11.8 Å². The third-order valence-corrected chi connectivity index (χ3v) is 3.65. The molecule has 1 aromatic rings. The smallest absolute Gasteiger partial charge is 0.310 e. The van der Waals surface area contributed by atoms with Gasteiger partial charge in [0.2, 0.25) is 0 Å². The fourth-order valence-electron chi connectivity index (χ4n) is 1.64. The highest BCUT2D eigenvalue weighted by Crippen LogP contribution is 2.05. The number of carbonyl (C=O) groups excluding carboxylic acids is 1. The Labute approximate surface area is 120 Å². The maximum Gasteiger partial charge on any atom is 0.310 e. The molecule has 0 aliphatic rings. The lowest BCUT2D eigenvalue weighted by Gasteiger charge is -2.16. The zero-order chi connectivity index (χ0) is 14.1. The molecule has 0 fully saturated rings. The minimum absolute atomic E-state index is 0.118. The van der Waals surface area contributed by atoms with Crippen LogP contribution in [0.25, 0.3) is 0 Å². The third-order valence-electron chi connectivity index (χ3n) is 2.82. The Hall–Kier alpha value is -1.00. The summed E-state index contributed by atoms with van der Waals surface area (Å²) in [6.45, 7) is 5.03. The highest BCUT2D eigenvalue weighted by molar-refractivity contribution is 7.98. The molecular formula is C15H23NO2S. The minimum atomic E-state index is -0.146. The zero-order valence-electron chi connectivity index (χ0n) is 11.9. The van der Waals surface area contributed by atoms with Gasteiger partial charge in [-0.1, -0.05) is 37.3 Å². The molecule has 106 valence electrons. The molecule has 0 spiro atoms. The molecule has 2 unspecified atom stereocenters. The van der Waals surface area contributed by atoms with Crippen molar-refractivity contribution in [2.24, 2.45) is 5.92 Å². The van der Waals surface area contributed by atoms with E-state index >= 15 is 0 Å². The number of thioether (sulfide) groups is 1. The fourth-order valence-corrected chi connectivity index (χ4v) is 2.26. The van der Waals surface area contributed by atoms with E-state index in [9.17, 15) is 4.79 Å². The molecule has 0 radical (unpaired) electrons. The molecule has 1 N–H and O–H groups in total. The molecule has 2 atom stereocenters. The van der Waals surface area contributed by atoms with Gasteiger partial charge in [0.05, 0.1) is 5.92 Å². The number of carbonyl (C=O) groups is 1. The lowest BCUT2D eigenvalue weighted by molar-refractivity contribution is -0.149. The van der Waals surface area contributed by atoms with Crippen molar-refractivity contribution < 1.29 is 9.53 Å². The topological polar surface area (TPSA) is 38.3 Å². The highest BCUT2D eigenvalue weighted by atomic mass is 32.2. The molecular weight excluding hydrogens is 258 g/mol. The van der Waals surface area contributed by atoms with Crippen molar-refractivity contribution in [1.29, 1.82) is 0 Å². The van der Waals surface area contributed by atoms with Gasteiger partial charge < -0.3 is 10.1 Å². The van der Waals surface area contributed by atoms with Crippen LogP contribution in [-0.2, 0) is 16.1 Å². The standard InChI is InChI=1S/C15H23NO2S/c1-12(9-16-13(2)11-19-3)15(17)18-10-14-7-5-4-6-8-14/h4-8,12-13,16H,9-11H2,1-3H3. The molecule has 0 bridgehead atoms. The van der Waals surface area contributed by atoms with E-state index in [0.717, 1.165) is 11.3 Å². The van der Waals surface area contributed by atoms with Crippen molar-refractivity contribution in [3.8, 4) is 0 Å². The van der Waals surface area contributed by atoms with Crippen LogP contribution in [0.1, 0.15) is 19.4 Å². The van der Waals surface area contributed by atoms with Crippen molar-refractivity contribution in [2.45, 2.75) is 26.5 Å². The molecule has 0 aliphatic carbocycles. The Kier molecular flexibility index (Phi) is 7.60. The lowest BCUT2D eigenvalue weighted by Crippen LogP contribution is -2.35. The Balaban J connectivity index is 2.25. The number of benzene rings is 1. The summed E-state index contributed by atoms with van der Waals surface area (Å²) in [5.41, 5.74) is 1.02. The summed E-state index contributed by atoms with van der Waals surface area (Å²) in [4.78, 5) is 11.8. The van der Waals surface area contributed by atoms with E-state index in [-0.39, 0.29) is 11.9 Å². The molecule has 4 heteroatoms. The maximum atomic E-state index is 11.8. The van der Waals surface area contributed by atoms with Gasteiger partial charge in [0.15, 0.2) is 0 Å². The SMILES string of the molecule is CSCC(C)NCC(C)C(=O)OCc1ccccc1. The van der Waals surface area contributed by atoms with Gasteiger partial charge in [-0.25, -0.2) is 0 Å². The van der Waals surface area contributed by atoms with Crippen LogP contribution < -0.4 is 5.32 Å². The Morgan fingerprint density at radius 2 is 2.00 bits per heavy atom. The second-order valence-corrected chi connectivity index (χ2v) is 5.67. The first-order valence-electron chi connectivity index (χ1n) is 6.56. The van der Waals surface area contributed by atoms with Gasteiger partial charge in [0.25, 0.3) is 0 Å². The van der Waals surface area contributed by atoms with Crippen LogP contribution in [0.4, 0.5) is 0 Å². The number of hydrogen-bond acceptors (Lipinski definition) is 4. The van der Waals surface area contributed by atoms with Crippen molar-refractivity contribution in [1.82, 2.24) is 5.32 Å². The van der Waals surface area contributed by atoms with Crippen LogP contribution in [0.5, 0.6) is 0 Å². The predicted octanol–water partition coefficient (Wildman–Crippen LogP) is 2.71. The van der Waals surface area contributed by atoms with Crippen LogP contribution in [0.3, 0.4) is 0 Å². The Morgan fingerprint density at radius 3 is 2.63 bits per heavy atom. The van der Waals surface area contributed by atoms with Crippen molar-refractivity contribution in [3.05, 3.63) is 35.9 Å². The van der Waals surface area contributed by atoms with E-state index in [1.165, 1.54) is 0 Å². The highest BCUT2D eigenvalue weighted by Gasteiger charge is 2.15. The minimum Gasteiger partial charge on any atom is -0.461 e. The summed E-state index contributed by atoms with van der Waals surface area (Å²) >= 11 is 1.80. The van der Waals surface area contributed by atoms with Gasteiger partial charge in [0, 0.05) is 18.3 Å². The first-order valence-corrected chi connectivity index (χ1v) is 7.95. The zero-order valence-corrected chi connectivity index (χ0v) is 12.7. The van der Waals surface area contributed by atoms with Crippen molar-refractivity contribution >= 4 is 17.7 Å². The summed E-state index contributed by atoms with van der Waals surface area (Å²) in [7, 11) is 0. The quantitative estimate of drug-likeness (QED) is 0.744. The average molecular weight is 281 g/mol. The Bertz CT molecular complexity index is 370. The first-order chi connectivity index (χ1) is 9.13. The van der Waals surface area contributed by atoms with Crippen molar-refractivity contribution in [2.75, 3.05) is 18.6 Å². The van der Waals surface area contributed by atoms with Gasteiger partial charge in [-0.05, 0) is 18.7 Å². The second kappa shape index (κ2) is 8.99. The molecule has 0 amide bonds. The first kappa shape index (κ1) is 16.1. The molecule has 1 rings (SSSR count). The summed E-state index contributed by atoms with van der Waals surface area (Å²) in [6, 6.07) is 10.2. The fraction of sp³-hybridized carbons (Fsp3) is 0.533. The molecule has 0 heterocycles. The van der Waals surface area contributed by atoms with Gasteiger partial charge in [-0.3, -0.25) is 4.79 Å². The summed E-state index contributed by atoms with van der Waals surface area (Å²) in [5.74, 6) is 0.784. The van der Waals surface area contributed by atoms with Crippen LogP contribution in [0, 0.1) is 5.92 Å². The number of rotatable bonds is 8. The maximum absolute atomic E-state index is 11.8. The summed E-state index contributed by atoms with van der Waals surface area (Å²) < 4.78 is 5.30. The molecule has 0 aromatic heterocycles. The van der Waals surface area contributed by atoms with Crippen LogP contribution in [-0.4, -0.2) is 30.6 Å². The van der Waals surface area contributed by atoms with E-state index in [0.29, 0.717) is 19.2 Å². The summed E-state index contributed by atoms with van der Waals surface area (Å²) in [5, 5.41) is 3.34. The van der Waals surface area contributed by atoms with Gasteiger partial charge in [-0.15, -0.1) is 0 Å². The van der Waals surface area contributed by atoms with Crippen molar-refractivity contribution in [3.63, 3.8) is 0 Å². The largest absolute Gasteiger partial charge is 0.461 e. The van der Waals surface area contributed by atoms with Gasteiger partial charge >= 0.3 is 5.97 Å². The monoisotopic (exact) mass is 281 g/mol. The molecule has 3 nitrogen and oxygen atoms in total. The normalized spacial score (nSPS) is 13.8.